The molecule has 19 heavy (non-hydrogen) atoms. The van der Waals surface area contributed by atoms with Crippen LogP contribution in [0.15, 0.2) is 45.5 Å². The van der Waals surface area contributed by atoms with Crippen LogP contribution < -0.4 is 10.6 Å². The number of nitrogens with zero attached hydrogens (tertiary/aromatic N) is 1. The summed E-state index contributed by atoms with van der Waals surface area (Å²) in [7, 11) is 2.04. The maximum atomic E-state index is 5.90. The highest BCUT2D eigenvalue weighted by atomic mass is 79.9. The van der Waals surface area contributed by atoms with E-state index in [-0.39, 0.29) is 6.04 Å². The zero-order valence-electron chi connectivity index (χ0n) is 11.3. The third kappa shape index (κ3) is 3.01. The Morgan fingerprint density at radius 3 is 2.42 bits per heavy atom. The summed E-state index contributed by atoms with van der Waals surface area (Å²) in [5.41, 5.74) is 8.37. The Hall–Kier alpha value is -1.26. The number of benzene rings is 1. The van der Waals surface area contributed by atoms with Gasteiger partial charge in [0, 0.05) is 19.3 Å². The molecule has 102 valence electrons. The van der Waals surface area contributed by atoms with Gasteiger partial charge in [-0.1, -0.05) is 19.1 Å². The monoisotopic (exact) mass is 322 g/mol. The molecule has 4 heteroatoms. The number of nitrogens with two attached hydrogens (primary N) is 1. The van der Waals surface area contributed by atoms with Gasteiger partial charge in [0.05, 0.1) is 10.7 Å². The number of anilines is 1. The van der Waals surface area contributed by atoms with Gasteiger partial charge in [-0.3, -0.25) is 0 Å². The van der Waals surface area contributed by atoms with Crippen molar-refractivity contribution in [1.82, 2.24) is 0 Å². The first kappa shape index (κ1) is 14.2. The van der Waals surface area contributed by atoms with Crippen molar-refractivity contribution in [2.75, 3.05) is 18.5 Å². The summed E-state index contributed by atoms with van der Waals surface area (Å²) in [5, 5.41) is 0. The van der Waals surface area contributed by atoms with E-state index in [4.69, 9.17) is 10.2 Å². The average molecular weight is 323 g/mol. The Morgan fingerprint density at radius 1 is 1.26 bits per heavy atom. The molecule has 1 aromatic carbocycles. The second-order valence-corrected chi connectivity index (χ2v) is 5.37. The van der Waals surface area contributed by atoms with Gasteiger partial charge < -0.3 is 15.1 Å². The van der Waals surface area contributed by atoms with E-state index in [0.29, 0.717) is 6.54 Å². The van der Waals surface area contributed by atoms with Crippen LogP contribution in [0.25, 0.3) is 0 Å². The molecule has 0 radical (unpaired) electrons. The second kappa shape index (κ2) is 6.26. The SMILES string of the molecule is CCc1ccc(N(C)C(CN)c2occc2Br)cc1. The van der Waals surface area contributed by atoms with Gasteiger partial charge >= 0.3 is 0 Å². The first-order valence-electron chi connectivity index (χ1n) is 6.42. The minimum absolute atomic E-state index is 0.0249. The highest BCUT2D eigenvalue weighted by Crippen LogP contribution is 2.30. The molecule has 0 amide bonds. The molecule has 1 aromatic heterocycles. The van der Waals surface area contributed by atoms with E-state index in [2.05, 4.69) is 52.0 Å². The van der Waals surface area contributed by atoms with Crippen molar-refractivity contribution in [1.29, 1.82) is 0 Å². The average Bonchev–Trinajstić information content (AvgIpc) is 2.86. The molecule has 2 aromatic rings. The third-order valence-electron chi connectivity index (χ3n) is 3.39. The fourth-order valence-electron chi connectivity index (χ4n) is 2.13. The first-order valence-corrected chi connectivity index (χ1v) is 7.21. The van der Waals surface area contributed by atoms with Crippen LogP contribution in [0.1, 0.15) is 24.3 Å². The molecular formula is C15H19BrN2O. The molecule has 0 spiro atoms. The zero-order valence-corrected chi connectivity index (χ0v) is 12.9. The quantitative estimate of drug-likeness (QED) is 0.911. The van der Waals surface area contributed by atoms with Gasteiger partial charge in [-0.15, -0.1) is 0 Å². The summed E-state index contributed by atoms with van der Waals surface area (Å²) < 4.78 is 6.49. The van der Waals surface area contributed by atoms with Crippen LogP contribution in [0.3, 0.4) is 0 Å². The number of hydrogen-bond donors (Lipinski definition) is 1. The normalized spacial score (nSPS) is 12.4. The molecule has 2 rings (SSSR count). The second-order valence-electron chi connectivity index (χ2n) is 4.52. The van der Waals surface area contributed by atoms with Gasteiger partial charge in [-0.2, -0.15) is 0 Å². The van der Waals surface area contributed by atoms with Crippen molar-refractivity contribution in [2.45, 2.75) is 19.4 Å². The van der Waals surface area contributed by atoms with Crippen molar-refractivity contribution < 1.29 is 4.42 Å². The molecule has 1 unspecified atom stereocenters. The van der Waals surface area contributed by atoms with Crippen LogP contribution in [0.2, 0.25) is 0 Å². The Balaban J connectivity index is 2.25. The van der Waals surface area contributed by atoms with Gasteiger partial charge in [-0.05, 0) is 46.1 Å². The molecule has 0 aliphatic heterocycles. The fraction of sp³-hybridized carbons (Fsp3) is 0.333. The van der Waals surface area contributed by atoms with Gasteiger partial charge in [0.15, 0.2) is 0 Å². The van der Waals surface area contributed by atoms with Crippen LogP contribution in [-0.4, -0.2) is 13.6 Å². The Kier molecular flexibility index (Phi) is 4.66. The van der Waals surface area contributed by atoms with Crippen LogP contribution in [-0.2, 0) is 6.42 Å². The van der Waals surface area contributed by atoms with Crippen molar-refractivity contribution in [2.24, 2.45) is 5.73 Å². The molecular weight excluding hydrogens is 304 g/mol. The number of likely N-dealkylation sites (N-methyl/N-ethyl adjacent to an activating group) is 1. The van der Waals surface area contributed by atoms with Gasteiger partial charge in [0.25, 0.3) is 0 Å². The Morgan fingerprint density at radius 2 is 1.95 bits per heavy atom. The van der Waals surface area contributed by atoms with E-state index in [9.17, 15) is 0 Å². The van der Waals surface area contributed by atoms with E-state index in [0.717, 1.165) is 22.3 Å². The van der Waals surface area contributed by atoms with Crippen LogP contribution in [0.5, 0.6) is 0 Å². The summed E-state index contributed by atoms with van der Waals surface area (Å²) in [6.07, 6.45) is 2.73. The fourth-order valence-corrected chi connectivity index (χ4v) is 2.60. The van der Waals surface area contributed by atoms with Gasteiger partial charge in [0.1, 0.15) is 11.8 Å². The number of furan rings is 1. The predicted molar refractivity (Wildman–Crippen MR) is 82.4 cm³/mol. The van der Waals surface area contributed by atoms with E-state index < -0.39 is 0 Å². The Bertz CT molecular complexity index is 521. The van der Waals surface area contributed by atoms with Crippen molar-refractivity contribution in [3.63, 3.8) is 0 Å². The van der Waals surface area contributed by atoms with Crippen molar-refractivity contribution >= 4 is 21.6 Å². The van der Waals surface area contributed by atoms with Crippen LogP contribution >= 0.6 is 15.9 Å². The van der Waals surface area contributed by atoms with E-state index in [1.54, 1.807) is 6.26 Å². The maximum absolute atomic E-state index is 5.90. The summed E-state index contributed by atoms with van der Waals surface area (Å²) in [4.78, 5) is 2.14. The minimum Gasteiger partial charge on any atom is -0.466 e. The lowest BCUT2D eigenvalue weighted by molar-refractivity contribution is 0.458. The minimum atomic E-state index is 0.0249. The molecule has 0 aliphatic rings. The smallest absolute Gasteiger partial charge is 0.141 e. The number of aryl methyl sites for hydroxylation is 1. The standard InChI is InChI=1S/C15H19BrN2O/c1-3-11-4-6-12(7-5-11)18(2)14(10-17)15-13(16)8-9-19-15/h4-9,14H,3,10,17H2,1-2H3. The molecule has 1 atom stereocenters. The van der Waals surface area contributed by atoms with E-state index in [1.165, 1.54) is 5.56 Å². The topological polar surface area (TPSA) is 42.4 Å². The van der Waals surface area contributed by atoms with Crippen LogP contribution in [0.4, 0.5) is 5.69 Å². The lowest BCUT2D eigenvalue weighted by Gasteiger charge is -2.28. The third-order valence-corrected chi connectivity index (χ3v) is 4.05. The molecule has 2 N–H and O–H groups in total. The number of hydrogen-bond acceptors (Lipinski definition) is 3. The number of halogens is 1. The molecule has 1 heterocycles. The maximum Gasteiger partial charge on any atom is 0.141 e. The molecule has 0 bridgehead atoms. The largest absolute Gasteiger partial charge is 0.466 e. The summed E-state index contributed by atoms with van der Waals surface area (Å²) in [6, 6.07) is 10.5. The molecule has 0 saturated heterocycles. The zero-order chi connectivity index (χ0) is 13.8. The molecule has 0 fully saturated rings. The van der Waals surface area contributed by atoms with Gasteiger partial charge in [-0.25, -0.2) is 0 Å². The molecule has 3 nitrogen and oxygen atoms in total. The lowest BCUT2D eigenvalue weighted by Crippen LogP contribution is -2.30. The van der Waals surface area contributed by atoms with E-state index >= 15 is 0 Å². The summed E-state index contributed by atoms with van der Waals surface area (Å²) in [5.74, 6) is 0.865. The van der Waals surface area contributed by atoms with Crippen LogP contribution in [0, 0.1) is 0 Å². The highest BCUT2D eigenvalue weighted by Gasteiger charge is 2.21. The van der Waals surface area contributed by atoms with Crippen molar-refractivity contribution in [3.8, 4) is 0 Å². The van der Waals surface area contributed by atoms with Crippen molar-refractivity contribution in [3.05, 3.63) is 52.4 Å². The number of rotatable bonds is 5. The van der Waals surface area contributed by atoms with E-state index in [1.807, 2.05) is 13.1 Å². The molecule has 0 aliphatic carbocycles. The van der Waals surface area contributed by atoms with Gasteiger partial charge in [0.2, 0.25) is 0 Å². The highest BCUT2D eigenvalue weighted by molar-refractivity contribution is 9.10. The summed E-state index contributed by atoms with van der Waals surface area (Å²) in [6.45, 7) is 2.65. The predicted octanol–water partition coefficient (Wildman–Crippen LogP) is 3.74. The molecule has 0 saturated carbocycles. The Labute approximate surface area is 122 Å². The first-order chi connectivity index (χ1) is 9.17. The summed E-state index contributed by atoms with van der Waals surface area (Å²) >= 11 is 3.50. The lowest BCUT2D eigenvalue weighted by atomic mass is 10.1.